The Hall–Kier alpha value is -0.760. The second kappa shape index (κ2) is 7.10. The molecule has 0 N–H and O–H groups in total. The number of sulfone groups is 1. The lowest BCUT2D eigenvalue weighted by Crippen LogP contribution is -2.38. The van der Waals surface area contributed by atoms with E-state index in [-0.39, 0.29) is 34.6 Å². The maximum absolute atomic E-state index is 12.3. The first-order valence-corrected chi connectivity index (χ1v) is 11.4. The van der Waals surface area contributed by atoms with E-state index >= 15 is 0 Å². The van der Waals surface area contributed by atoms with Gasteiger partial charge in [0.05, 0.1) is 28.3 Å². The molecule has 0 aromatic heterocycles. The van der Waals surface area contributed by atoms with Crippen LogP contribution in [0.5, 0.6) is 0 Å². The van der Waals surface area contributed by atoms with E-state index in [9.17, 15) is 13.2 Å². The number of nitrogens with zero attached hydrogens (tertiary/aromatic N) is 2. The van der Waals surface area contributed by atoms with E-state index in [1.807, 2.05) is 13.8 Å². The van der Waals surface area contributed by atoms with Crippen molar-refractivity contribution in [3.63, 3.8) is 0 Å². The highest BCUT2D eigenvalue weighted by Crippen LogP contribution is 2.43. The number of anilines is 1. The molecule has 1 aromatic carbocycles. The average molecular weight is 421 g/mol. The molecule has 2 aliphatic heterocycles. The first-order chi connectivity index (χ1) is 11.7. The Bertz CT molecular complexity index is 842. The van der Waals surface area contributed by atoms with Gasteiger partial charge in [0.15, 0.2) is 15.0 Å². The van der Waals surface area contributed by atoms with Crippen molar-refractivity contribution < 1.29 is 13.2 Å². The van der Waals surface area contributed by atoms with Crippen LogP contribution in [0.15, 0.2) is 23.2 Å². The number of rotatable bonds is 3. The molecular formula is C16H18Cl2N2O3S2. The minimum Gasteiger partial charge on any atom is -0.314 e. The third-order valence-electron chi connectivity index (χ3n) is 4.48. The summed E-state index contributed by atoms with van der Waals surface area (Å²) < 4.78 is 24.1. The molecule has 0 saturated carbocycles. The van der Waals surface area contributed by atoms with Crippen LogP contribution in [0.3, 0.4) is 0 Å². The van der Waals surface area contributed by atoms with Gasteiger partial charge in [-0.15, -0.1) is 0 Å². The van der Waals surface area contributed by atoms with Crippen molar-refractivity contribution in [3.8, 4) is 0 Å². The van der Waals surface area contributed by atoms with Gasteiger partial charge in [-0.25, -0.2) is 8.42 Å². The van der Waals surface area contributed by atoms with Crippen molar-refractivity contribution >= 4 is 61.6 Å². The zero-order valence-corrected chi connectivity index (χ0v) is 16.9. The summed E-state index contributed by atoms with van der Waals surface area (Å²) in [6.07, 6.45) is 0.698. The van der Waals surface area contributed by atoms with Gasteiger partial charge in [0.25, 0.3) is 5.91 Å². The second-order valence-corrected chi connectivity index (χ2v) is 10.5. The van der Waals surface area contributed by atoms with E-state index in [2.05, 4.69) is 4.99 Å². The van der Waals surface area contributed by atoms with E-state index in [0.29, 0.717) is 27.3 Å². The molecule has 3 rings (SSSR count). The molecule has 0 aliphatic carbocycles. The number of aliphatic imine (C=N–C) groups is 1. The van der Waals surface area contributed by atoms with Gasteiger partial charge < -0.3 is 4.90 Å². The fourth-order valence-corrected chi connectivity index (χ4v) is 7.31. The normalized spacial score (nSPS) is 27.5. The molecule has 0 radical (unpaired) electrons. The third-order valence-corrected chi connectivity index (χ3v) is 8.22. The molecule has 2 heterocycles. The van der Waals surface area contributed by atoms with Crippen molar-refractivity contribution in [1.82, 2.24) is 0 Å². The number of fused-ring (bicyclic) bond motifs is 1. The molecule has 1 amide bonds. The predicted molar refractivity (Wildman–Crippen MR) is 105 cm³/mol. The smallest absolute Gasteiger partial charge is 0.250 e. The molecular weight excluding hydrogens is 403 g/mol. The Labute approximate surface area is 161 Å². The number of hydrogen-bond donors (Lipinski definition) is 0. The Morgan fingerprint density at radius 3 is 2.76 bits per heavy atom. The number of halogens is 2. The second-order valence-electron chi connectivity index (χ2n) is 6.31. The summed E-state index contributed by atoms with van der Waals surface area (Å²) >= 11 is 13.7. The number of hydrogen-bond acceptors (Lipinski definition) is 4. The van der Waals surface area contributed by atoms with E-state index in [1.165, 1.54) is 11.8 Å². The van der Waals surface area contributed by atoms with Gasteiger partial charge in [-0.3, -0.25) is 4.79 Å². The first kappa shape index (κ1) is 19.0. The third kappa shape index (κ3) is 3.84. The van der Waals surface area contributed by atoms with Crippen molar-refractivity contribution in [1.29, 1.82) is 0 Å². The number of amides is 1. The van der Waals surface area contributed by atoms with Crippen LogP contribution < -0.4 is 4.90 Å². The highest BCUT2D eigenvalue weighted by molar-refractivity contribution is 8.16. The molecule has 0 spiro atoms. The Morgan fingerprint density at radius 2 is 2.12 bits per heavy atom. The number of amidine groups is 1. The summed E-state index contributed by atoms with van der Waals surface area (Å²) in [5.41, 5.74) is 0.624. The number of carbonyl (C=O) groups is 1. The Morgan fingerprint density at radius 1 is 1.40 bits per heavy atom. The number of benzene rings is 1. The minimum atomic E-state index is -3.11. The Kier molecular flexibility index (Phi) is 5.40. The molecule has 0 bridgehead atoms. The summed E-state index contributed by atoms with van der Waals surface area (Å²) in [4.78, 5) is 18.4. The van der Waals surface area contributed by atoms with Crippen LogP contribution in [0.4, 0.5) is 5.69 Å². The van der Waals surface area contributed by atoms with E-state index in [1.54, 1.807) is 23.1 Å². The molecule has 5 nitrogen and oxygen atoms in total. The average Bonchev–Trinajstić information content (AvgIpc) is 2.98. The van der Waals surface area contributed by atoms with E-state index in [0.717, 1.165) is 0 Å². The fraction of sp³-hybridized carbons (Fsp3) is 0.500. The lowest BCUT2D eigenvalue weighted by Gasteiger charge is -2.25. The van der Waals surface area contributed by atoms with Crippen LogP contribution in [-0.2, 0) is 14.6 Å². The molecule has 2 saturated heterocycles. The van der Waals surface area contributed by atoms with Crippen LogP contribution in [0.1, 0.15) is 20.3 Å². The summed E-state index contributed by atoms with van der Waals surface area (Å²) in [6.45, 7) is 3.76. The zero-order valence-electron chi connectivity index (χ0n) is 13.8. The van der Waals surface area contributed by atoms with Gasteiger partial charge in [0.1, 0.15) is 0 Å². The summed E-state index contributed by atoms with van der Waals surface area (Å²) in [6, 6.07) is 4.76. The van der Waals surface area contributed by atoms with Gasteiger partial charge >= 0.3 is 0 Å². The monoisotopic (exact) mass is 420 g/mol. The maximum atomic E-state index is 12.3. The summed E-state index contributed by atoms with van der Waals surface area (Å²) in [5.74, 6) is -0.275. The van der Waals surface area contributed by atoms with Crippen molar-refractivity contribution in [2.24, 2.45) is 10.9 Å². The van der Waals surface area contributed by atoms with Gasteiger partial charge in [0, 0.05) is 16.2 Å². The SMILES string of the molecule is CC[C@H](C)C(=O)N=C1S[C@@H]2CS(=O)(=O)C[C@@H]2N1c1ccc(Cl)cc1Cl. The minimum absolute atomic E-state index is 0.0279. The van der Waals surface area contributed by atoms with Crippen LogP contribution in [0.2, 0.25) is 10.0 Å². The van der Waals surface area contributed by atoms with Crippen molar-refractivity contribution in [3.05, 3.63) is 28.2 Å². The maximum Gasteiger partial charge on any atom is 0.250 e. The van der Waals surface area contributed by atoms with Gasteiger partial charge in [0.2, 0.25) is 0 Å². The molecule has 25 heavy (non-hydrogen) atoms. The Balaban J connectivity index is 2.04. The summed E-state index contributed by atoms with van der Waals surface area (Å²) in [7, 11) is -3.11. The van der Waals surface area contributed by atoms with Crippen molar-refractivity contribution in [2.75, 3.05) is 16.4 Å². The molecule has 2 aliphatic rings. The van der Waals surface area contributed by atoms with E-state index < -0.39 is 9.84 Å². The van der Waals surface area contributed by atoms with Crippen LogP contribution in [0.25, 0.3) is 0 Å². The quantitative estimate of drug-likeness (QED) is 0.746. The summed E-state index contributed by atoms with van der Waals surface area (Å²) in [5, 5.41) is 1.26. The molecule has 136 valence electrons. The fourth-order valence-electron chi connectivity index (χ4n) is 2.90. The molecule has 0 unspecified atom stereocenters. The molecule has 3 atom stereocenters. The van der Waals surface area contributed by atoms with Crippen LogP contribution >= 0.6 is 35.0 Å². The van der Waals surface area contributed by atoms with Crippen molar-refractivity contribution in [2.45, 2.75) is 31.6 Å². The standard InChI is InChI=1S/C16H18Cl2N2O3S2/c1-3-9(2)15(21)19-16-20(12-5-4-10(17)6-11(12)18)13-7-25(22,23)8-14(13)24-16/h4-6,9,13-14H,3,7-8H2,1-2H3/t9-,13-,14+/m0/s1. The van der Waals surface area contributed by atoms with Gasteiger partial charge in [-0.05, 0) is 24.6 Å². The predicted octanol–water partition coefficient (Wildman–Crippen LogP) is 3.64. The lowest BCUT2D eigenvalue weighted by atomic mass is 10.1. The highest BCUT2D eigenvalue weighted by atomic mass is 35.5. The molecule has 1 aromatic rings. The van der Waals surface area contributed by atoms with Gasteiger partial charge in [-0.2, -0.15) is 4.99 Å². The lowest BCUT2D eigenvalue weighted by molar-refractivity contribution is -0.121. The number of carbonyl (C=O) groups excluding carboxylic acids is 1. The first-order valence-electron chi connectivity index (χ1n) is 7.95. The van der Waals surface area contributed by atoms with Gasteiger partial charge in [-0.1, -0.05) is 48.8 Å². The zero-order chi connectivity index (χ0) is 18.4. The highest BCUT2D eigenvalue weighted by Gasteiger charge is 2.49. The van der Waals surface area contributed by atoms with E-state index in [4.69, 9.17) is 23.2 Å². The topological polar surface area (TPSA) is 66.8 Å². The largest absolute Gasteiger partial charge is 0.314 e. The molecule has 9 heteroatoms. The number of thioether (sulfide) groups is 1. The molecule has 2 fully saturated rings. The van der Waals surface area contributed by atoms with Crippen LogP contribution in [0, 0.1) is 5.92 Å². The van der Waals surface area contributed by atoms with Crippen LogP contribution in [-0.4, -0.2) is 42.3 Å².